The third-order valence-electron chi connectivity index (χ3n) is 4.57. The minimum absolute atomic E-state index is 0.115. The molecule has 2 aromatic rings. The van der Waals surface area contributed by atoms with Crippen LogP contribution in [0.2, 0.25) is 0 Å². The molecule has 1 atom stereocenters. The largest absolute Gasteiger partial charge is 0.378 e. The number of ether oxygens (including phenoxy) is 1. The van der Waals surface area contributed by atoms with Crippen molar-refractivity contribution in [2.45, 2.75) is 50.7 Å². The van der Waals surface area contributed by atoms with Crippen LogP contribution < -0.4 is 5.32 Å². The molecule has 1 aromatic heterocycles. The number of nitrogens with one attached hydrogen (secondary N) is 1. The second kappa shape index (κ2) is 6.42. The van der Waals surface area contributed by atoms with Crippen LogP contribution in [0, 0.1) is 0 Å². The van der Waals surface area contributed by atoms with E-state index in [1.807, 2.05) is 18.4 Å². The Morgan fingerprint density at radius 2 is 2.19 bits per heavy atom. The molecule has 21 heavy (non-hydrogen) atoms. The Labute approximate surface area is 130 Å². The van der Waals surface area contributed by atoms with Crippen molar-refractivity contribution in [2.75, 3.05) is 13.7 Å². The molecule has 0 radical (unpaired) electrons. The molecular weight excluding hydrogens is 280 g/mol. The van der Waals surface area contributed by atoms with Crippen molar-refractivity contribution in [3.05, 3.63) is 29.3 Å². The van der Waals surface area contributed by atoms with Crippen LogP contribution in [0.5, 0.6) is 0 Å². The third-order valence-corrected chi connectivity index (χ3v) is 5.63. The lowest BCUT2D eigenvalue weighted by Crippen LogP contribution is -2.46. The van der Waals surface area contributed by atoms with Gasteiger partial charge in [-0.05, 0) is 44.4 Å². The van der Waals surface area contributed by atoms with Crippen LogP contribution in [0.3, 0.4) is 0 Å². The summed E-state index contributed by atoms with van der Waals surface area (Å²) in [5, 5.41) is 4.85. The Kier molecular flexibility index (Phi) is 4.57. The first kappa shape index (κ1) is 14.9. The Morgan fingerprint density at radius 1 is 1.38 bits per heavy atom. The fourth-order valence-electron chi connectivity index (χ4n) is 3.23. The fourth-order valence-corrected chi connectivity index (χ4v) is 4.28. The number of aromatic nitrogens is 1. The maximum Gasteiger partial charge on any atom is 0.0954 e. The monoisotopic (exact) mass is 304 g/mol. The van der Waals surface area contributed by atoms with Crippen molar-refractivity contribution < 1.29 is 4.74 Å². The van der Waals surface area contributed by atoms with Crippen molar-refractivity contribution >= 4 is 21.6 Å². The second-order valence-electron chi connectivity index (χ2n) is 5.98. The molecule has 1 N–H and O–H groups in total. The second-order valence-corrected chi connectivity index (χ2v) is 7.09. The van der Waals surface area contributed by atoms with Gasteiger partial charge in [-0.25, -0.2) is 4.98 Å². The first-order chi connectivity index (χ1) is 10.2. The molecule has 1 heterocycles. The van der Waals surface area contributed by atoms with Gasteiger partial charge in [0.05, 0.1) is 20.8 Å². The number of rotatable bonds is 7. The third kappa shape index (κ3) is 3.28. The van der Waals surface area contributed by atoms with E-state index in [-0.39, 0.29) is 5.60 Å². The van der Waals surface area contributed by atoms with E-state index in [4.69, 9.17) is 9.72 Å². The number of methoxy groups -OCH3 is 1. The van der Waals surface area contributed by atoms with Crippen molar-refractivity contribution in [1.82, 2.24) is 10.3 Å². The summed E-state index contributed by atoms with van der Waals surface area (Å²) in [6, 6.07) is 8.85. The lowest BCUT2D eigenvalue weighted by atomic mass is 9.75. The van der Waals surface area contributed by atoms with Gasteiger partial charge in [0, 0.05) is 19.6 Å². The molecule has 1 unspecified atom stereocenters. The SMILES string of the molecule is CCNC(Cc1nc2ccccc2s1)CC1(OC)CCC1. The molecule has 1 aliphatic rings. The van der Waals surface area contributed by atoms with Crippen LogP contribution in [-0.4, -0.2) is 30.3 Å². The average Bonchev–Trinajstić information content (AvgIpc) is 2.85. The highest BCUT2D eigenvalue weighted by Crippen LogP contribution is 2.39. The summed E-state index contributed by atoms with van der Waals surface area (Å²) in [6.45, 7) is 3.17. The van der Waals surface area contributed by atoms with Gasteiger partial charge in [-0.15, -0.1) is 11.3 Å². The van der Waals surface area contributed by atoms with E-state index in [0.29, 0.717) is 6.04 Å². The summed E-state index contributed by atoms with van der Waals surface area (Å²) in [6.07, 6.45) is 5.79. The van der Waals surface area contributed by atoms with E-state index in [1.54, 1.807) is 0 Å². The number of hydrogen-bond donors (Lipinski definition) is 1. The van der Waals surface area contributed by atoms with E-state index in [1.165, 1.54) is 29.0 Å². The lowest BCUT2D eigenvalue weighted by Gasteiger charge is -2.43. The first-order valence-corrected chi connectivity index (χ1v) is 8.69. The fraction of sp³-hybridized carbons (Fsp3) is 0.588. The summed E-state index contributed by atoms with van der Waals surface area (Å²) in [4.78, 5) is 4.77. The molecule has 0 amide bonds. The van der Waals surface area contributed by atoms with E-state index in [0.717, 1.165) is 24.9 Å². The van der Waals surface area contributed by atoms with Crippen molar-refractivity contribution in [2.24, 2.45) is 0 Å². The molecule has 114 valence electrons. The predicted molar refractivity (Wildman–Crippen MR) is 89.0 cm³/mol. The molecule has 0 aliphatic heterocycles. The van der Waals surface area contributed by atoms with E-state index >= 15 is 0 Å². The van der Waals surface area contributed by atoms with Gasteiger partial charge in [-0.1, -0.05) is 19.1 Å². The van der Waals surface area contributed by atoms with E-state index in [9.17, 15) is 0 Å². The summed E-state index contributed by atoms with van der Waals surface area (Å²) in [7, 11) is 1.86. The molecule has 0 bridgehead atoms. The number of fused-ring (bicyclic) bond motifs is 1. The van der Waals surface area contributed by atoms with E-state index in [2.05, 4.69) is 36.5 Å². The van der Waals surface area contributed by atoms with Crippen LogP contribution in [-0.2, 0) is 11.2 Å². The quantitative estimate of drug-likeness (QED) is 0.845. The Bertz CT molecular complexity index is 553. The van der Waals surface area contributed by atoms with E-state index < -0.39 is 0 Å². The molecule has 1 aromatic carbocycles. The van der Waals surface area contributed by atoms with Crippen molar-refractivity contribution in [3.8, 4) is 0 Å². The summed E-state index contributed by atoms with van der Waals surface area (Å²) >= 11 is 1.82. The molecule has 1 fully saturated rings. The van der Waals surface area contributed by atoms with Crippen LogP contribution >= 0.6 is 11.3 Å². The smallest absolute Gasteiger partial charge is 0.0954 e. The topological polar surface area (TPSA) is 34.2 Å². The molecule has 3 nitrogen and oxygen atoms in total. The number of nitrogens with zero attached hydrogens (tertiary/aromatic N) is 1. The highest BCUT2D eigenvalue weighted by atomic mass is 32.1. The van der Waals surface area contributed by atoms with Gasteiger partial charge in [0.1, 0.15) is 0 Å². The Morgan fingerprint density at radius 3 is 2.81 bits per heavy atom. The van der Waals surface area contributed by atoms with Gasteiger partial charge in [0.2, 0.25) is 0 Å². The van der Waals surface area contributed by atoms with Gasteiger partial charge in [0.15, 0.2) is 0 Å². The molecule has 1 aliphatic carbocycles. The van der Waals surface area contributed by atoms with Gasteiger partial charge in [-0.3, -0.25) is 0 Å². The number of likely N-dealkylation sites (N-methyl/N-ethyl adjacent to an activating group) is 1. The van der Waals surface area contributed by atoms with Crippen LogP contribution in [0.15, 0.2) is 24.3 Å². The summed E-state index contributed by atoms with van der Waals surface area (Å²) in [5.74, 6) is 0. The van der Waals surface area contributed by atoms with Crippen molar-refractivity contribution in [1.29, 1.82) is 0 Å². The molecule has 1 saturated carbocycles. The molecular formula is C17H24N2OS. The minimum Gasteiger partial charge on any atom is -0.378 e. The molecule has 0 saturated heterocycles. The van der Waals surface area contributed by atoms with Gasteiger partial charge >= 0.3 is 0 Å². The highest BCUT2D eigenvalue weighted by Gasteiger charge is 2.39. The number of benzene rings is 1. The number of thiazole rings is 1. The van der Waals surface area contributed by atoms with Gasteiger partial charge < -0.3 is 10.1 Å². The molecule has 4 heteroatoms. The summed E-state index contributed by atoms with van der Waals surface area (Å²) < 4.78 is 7.08. The van der Waals surface area contributed by atoms with Crippen LogP contribution in [0.25, 0.3) is 10.2 Å². The zero-order valence-electron chi connectivity index (χ0n) is 12.9. The maximum atomic E-state index is 5.79. The number of para-hydroxylation sites is 1. The van der Waals surface area contributed by atoms with Gasteiger partial charge in [-0.2, -0.15) is 0 Å². The molecule has 3 rings (SSSR count). The Hall–Kier alpha value is -0.970. The minimum atomic E-state index is 0.115. The Balaban J connectivity index is 1.72. The number of hydrogen-bond acceptors (Lipinski definition) is 4. The van der Waals surface area contributed by atoms with Crippen molar-refractivity contribution in [3.63, 3.8) is 0 Å². The molecule has 0 spiro atoms. The lowest BCUT2D eigenvalue weighted by molar-refractivity contribution is -0.0833. The van der Waals surface area contributed by atoms with Gasteiger partial charge in [0.25, 0.3) is 0 Å². The summed E-state index contributed by atoms with van der Waals surface area (Å²) in [5.41, 5.74) is 1.24. The maximum absolute atomic E-state index is 5.79. The predicted octanol–water partition coefficient (Wildman–Crippen LogP) is 3.78. The highest BCUT2D eigenvalue weighted by molar-refractivity contribution is 7.18. The zero-order valence-corrected chi connectivity index (χ0v) is 13.7. The first-order valence-electron chi connectivity index (χ1n) is 7.88. The normalized spacial score (nSPS) is 18.6. The van der Waals surface area contributed by atoms with Crippen LogP contribution in [0.1, 0.15) is 37.6 Å². The average molecular weight is 304 g/mol. The standard InChI is InChI=1S/C17H24N2OS/c1-3-18-13(12-17(20-2)9-6-10-17)11-16-19-14-7-4-5-8-15(14)21-16/h4-5,7-8,13,18H,3,6,9-12H2,1-2H3. The van der Waals surface area contributed by atoms with Crippen LogP contribution in [0.4, 0.5) is 0 Å². The zero-order chi connectivity index (χ0) is 14.7.